The smallest absolute Gasteiger partial charge is 0.227 e. The molecule has 0 atom stereocenters. The van der Waals surface area contributed by atoms with Crippen LogP contribution >= 0.6 is 0 Å². The fraction of sp³-hybridized carbons (Fsp3) is 0.556. The van der Waals surface area contributed by atoms with Crippen LogP contribution in [0.15, 0.2) is 16.9 Å². The summed E-state index contributed by atoms with van der Waals surface area (Å²) < 4.78 is 5.15. The average Bonchev–Trinajstić information content (AvgIpc) is 2.94. The first-order valence-corrected chi connectivity index (χ1v) is 8.89. The van der Waals surface area contributed by atoms with Crippen molar-refractivity contribution in [3.63, 3.8) is 0 Å². The molecule has 8 heteroatoms. The number of likely N-dealkylation sites (tertiary alicyclic amines) is 1. The minimum atomic E-state index is 0.134. The molecule has 0 saturated carbocycles. The fourth-order valence-corrected chi connectivity index (χ4v) is 3.17. The van der Waals surface area contributed by atoms with Crippen molar-refractivity contribution in [2.75, 3.05) is 37.4 Å². The Morgan fingerprint density at radius 3 is 2.65 bits per heavy atom. The number of aromatic nitrogens is 3. The van der Waals surface area contributed by atoms with Crippen LogP contribution in [0.5, 0.6) is 0 Å². The summed E-state index contributed by atoms with van der Waals surface area (Å²) in [6.07, 6.45) is 3.72. The Balaban J connectivity index is 1.52. The van der Waals surface area contributed by atoms with Gasteiger partial charge >= 0.3 is 0 Å². The molecule has 1 amide bonds. The fourth-order valence-electron chi connectivity index (χ4n) is 3.17. The number of nitrogens with one attached hydrogen (secondary N) is 1. The molecule has 0 bridgehead atoms. The first-order chi connectivity index (χ1) is 12.4. The maximum atomic E-state index is 12.6. The lowest BCUT2D eigenvalue weighted by atomic mass is 10.0. The summed E-state index contributed by atoms with van der Waals surface area (Å²) in [7, 11) is 3.91. The molecule has 3 heterocycles. The van der Waals surface area contributed by atoms with Crippen molar-refractivity contribution in [3.05, 3.63) is 29.4 Å². The number of nitrogens with zero attached hydrogens (tertiary/aromatic N) is 5. The zero-order chi connectivity index (χ0) is 18.7. The number of anilines is 2. The van der Waals surface area contributed by atoms with E-state index in [1.54, 1.807) is 6.33 Å². The molecule has 2 aromatic rings. The summed E-state index contributed by atoms with van der Waals surface area (Å²) in [5, 5.41) is 7.38. The predicted molar refractivity (Wildman–Crippen MR) is 99.3 cm³/mol. The Labute approximate surface area is 153 Å². The molecule has 0 aromatic carbocycles. The summed E-state index contributed by atoms with van der Waals surface area (Å²) in [6, 6.07) is 2.25. The molecule has 0 spiro atoms. The predicted octanol–water partition coefficient (Wildman–Crippen LogP) is 1.79. The van der Waals surface area contributed by atoms with E-state index in [1.165, 1.54) is 0 Å². The van der Waals surface area contributed by atoms with Gasteiger partial charge < -0.3 is 19.6 Å². The zero-order valence-electron chi connectivity index (χ0n) is 15.8. The van der Waals surface area contributed by atoms with Gasteiger partial charge in [0.25, 0.3) is 0 Å². The zero-order valence-corrected chi connectivity index (χ0v) is 15.8. The van der Waals surface area contributed by atoms with E-state index < -0.39 is 0 Å². The highest BCUT2D eigenvalue weighted by molar-refractivity contribution is 5.79. The van der Waals surface area contributed by atoms with Crippen LogP contribution in [0.4, 0.5) is 11.6 Å². The summed E-state index contributed by atoms with van der Waals surface area (Å²) in [4.78, 5) is 25.0. The lowest BCUT2D eigenvalue weighted by Crippen LogP contribution is -2.43. The molecule has 2 aromatic heterocycles. The topological polar surface area (TPSA) is 87.4 Å². The molecule has 0 unspecified atom stereocenters. The van der Waals surface area contributed by atoms with Gasteiger partial charge in [-0.05, 0) is 26.7 Å². The average molecular weight is 358 g/mol. The number of amides is 1. The third-order valence-corrected chi connectivity index (χ3v) is 4.82. The summed E-state index contributed by atoms with van der Waals surface area (Å²) in [6.45, 7) is 5.21. The van der Waals surface area contributed by atoms with Crippen LogP contribution in [0.1, 0.15) is 29.9 Å². The lowest BCUT2D eigenvalue weighted by molar-refractivity contribution is -0.131. The Hall–Kier alpha value is -2.64. The summed E-state index contributed by atoms with van der Waals surface area (Å²) in [5.74, 6) is 2.56. The number of rotatable bonds is 5. The quantitative estimate of drug-likeness (QED) is 0.872. The van der Waals surface area contributed by atoms with Gasteiger partial charge in [0.05, 0.1) is 12.1 Å². The maximum Gasteiger partial charge on any atom is 0.227 e. The van der Waals surface area contributed by atoms with Crippen LogP contribution < -0.4 is 10.2 Å². The maximum absolute atomic E-state index is 12.6. The number of carbonyl (C=O) groups excluding carboxylic acids is 1. The van der Waals surface area contributed by atoms with E-state index in [4.69, 9.17) is 4.52 Å². The number of hydrogen-bond donors (Lipinski definition) is 1. The van der Waals surface area contributed by atoms with Gasteiger partial charge in [-0.3, -0.25) is 4.79 Å². The molecule has 1 saturated heterocycles. The molecule has 1 aliphatic rings. The number of aryl methyl sites for hydroxylation is 2. The third kappa shape index (κ3) is 4.12. The van der Waals surface area contributed by atoms with Crippen LogP contribution in [0.3, 0.4) is 0 Å². The molecular formula is C18H26N6O2. The molecule has 1 N–H and O–H groups in total. The number of hydrogen-bond acceptors (Lipinski definition) is 7. The molecular weight excluding hydrogens is 332 g/mol. The Morgan fingerprint density at radius 1 is 1.31 bits per heavy atom. The van der Waals surface area contributed by atoms with Crippen LogP contribution in [0.25, 0.3) is 0 Å². The first-order valence-electron chi connectivity index (χ1n) is 8.89. The van der Waals surface area contributed by atoms with Crippen molar-refractivity contribution in [3.8, 4) is 0 Å². The molecule has 1 aliphatic heterocycles. The van der Waals surface area contributed by atoms with Crippen LogP contribution in [-0.2, 0) is 11.2 Å². The van der Waals surface area contributed by atoms with E-state index in [1.807, 2.05) is 43.8 Å². The first kappa shape index (κ1) is 18.2. The minimum Gasteiger partial charge on any atom is -0.367 e. The second kappa shape index (κ2) is 7.72. The Morgan fingerprint density at radius 2 is 2.04 bits per heavy atom. The van der Waals surface area contributed by atoms with Gasteiger partial charge in [-0.2, -0.15) is 0 Å². The highest BCUT2D eigenvalue weighted by Crippen LogP contribution is 2.19. The van der Waals surface area contributed by atoms with Crippen LogP contribution in [0, 0.1) is 13.8 Å². The number of piperidine rings is 1. The van der Waals surface area contributed by atoms with E-state index in [-0.39, 0.29) is 5.91 Å². The van der Waals surface area contributed by atoms with Crippen molar-refractivity contribution in [2.24, 2.45) is 0 Å². The summed E-state index contributed by atoms with van der Waals surface area (Å²) >= 11 is 0. The Kier molecular flexibility index (Phi) is 5.39. The monoisotopic (exact) mass is 358 g/mol. The van der Waals surface area contributed by atoms with Crippen molar-refractivity contribution < 1.29 is 9.32 Å². The molecule has 0 radical (unpaired) electrons. The van der Waals surface area contributed by atoms with E-state index in [9.17, 15) is 4.79 Å². The van der Waals surface area contributed by atoms with Crippen molar-refractivity contribution in [1.29, 1.82) is 0 Å². The molecule has 3 rings (SSSR count). The standard InChI is InChI=1S/C18H26N6O2/c1-12-15(13(2)26-22-12)9-18(25)24-7-5-14(6-8-24)21-16-10-17(23(3)4)20-11-19-16/h10-11,14H,5-9H2,1-4H3,(H,19,20,21). The van der Waals surface area contributed by atoms with Gasteiger partial charge in [0.2, 0.25) is 5.91 Å². The highest BCUT2D eigenvalue weighted by atomic mass is 16.5. The molecule has 26 heavy (non-hydrogen) atoms. The van der Waals surface area contributed by atoms with Gasteiger partial charge in [0.15, 0.2) is 0 Å². The minimum absolute atomic E-state index is 0.134. The van der Waals surface area contributed by atoms with E-state index in [2.05, 4.69) is 20.4 Å². The van der Waals surface area contributed by atoms with Gasteiger partial charge in [-0.15, -0.1) is 0 Å². The second-order valence-corrected chi connectivity index (χ2v) is 6.93. The van der Waals surface area contributed by atoms with Crippen LogP contribution in [0.2, 0.25) is 0 Å². The second-order valence-electron chi connectivity index (χ2n) is 6.93. The van der Waals surface area contributed by atoms with Crippen molar-refractivity contribution >= 4 is 17.5 Å². The van der Waals surface area contributed by atoms with Gasteiger partial charge in [0.1, 0.15) is 23.7 Å². The number of carbonyl (C=O) groups is 1. The van der Waals surface area contributed by atoms with Crippen molar-refractivity contribution in [1.82, 2.24) is 20.0 Å². The third-order valence-electron chi connectivity index (χ3n) is 4.82. The Bertz CT molecular complexity index is 745. The van der Waals surface area contributed by atoms with Crippen molar-refractivity contribution in [2.45, 2.75) is 39.2 Å². The lowest BCUT2D eigenvalue weighted by Gasteiger charge is -2.32. The van der Waals surface area contributed by atoms with E-state index >= 15 is 0 Å². The highest BCUT2D eigenvalue weighted by Gasteiger charge is 2.24. The van der Waals surface area contributed by atoms with Gasteiger partial charge in [-0.1, -0.05) is 5.16 Å². The van der Waals surface area contributed by atoms with Gasteiger partial charge in [0, 0.05) is 44.9 Å². The van der Waals surface area contributed by atoms with E-state index in [0.29, 0.717) is 12.5 Å². The van der Waals surface area contributed by atoms with Crippen LogP contribution in [-0.4, -0.2) is 59.2 Å². The van der Waals surface area contributed by atoms with E-state index in [0.717, 1.165) is 54.6 Å². The molecule has 0 aliphatic carbocycles. The normalized spacial score (nSPS) is 15.2. The largest absolute Gasteiger partial charge is 0.367 e. The molecule has 8 nitrogen and oxygen atoms in total. The SMILES string of the molecule is Cc1noc(C)c1CC(=O)N1CCC(Nc2cc(N(C)C)ncn2)CC1. The summed E-state index contributed by atoms with van der Waals surface area (Å²) in [5.41, 5.74) is 1.71. The van der Waals surface area contributed by atoms with Gasteiger partial charge in [-0.25, -0.2) is 9.97 Å². The molecule has 140 valence electrons. The molecule has 1 fully saturated rings.